The molecule has 1 unspecified atom stereocenters. The van der Waals surface area contributed by atoms with E-state index in [9.17, 15) is 13.2 Å². The fourth-order valence-electron chi connectivity index (χ4n) is 2.06. The molecule has 7 heteroatoms. The standard InChI is InChI=1S/C14H13BrF3NO2/c15-11-5-3-10(4-6-11)12-7-13(21-19-12,14(16,17)18)20-8-9-1-2-9/h3-6,9H,1-2,7-8H2. The Kier molecular flexibility index (Phi) is 3.73. The van der Waals surface area contributed by atoms with E-state index in [1.165, 1.54) is 0 Å². The molecule has 3 rings (SSSR count). The number of alkyl halides is 3. The van der Waals surface area contributed by atoms with Crippen molar-refractivity contribution >= 4 is 21.6 Å². The van der Waals surface area contributed by atoms with Crippen LogP contribution in [-0.2, 0) is 9.57 Å². The van der Waals surface area contributed by atoms with Crippen LogP contribution < -0.4 is 0 Å². The van der Waals surface area contributed by atoms with Gasteiger partial charge < -0.3 is 9.57 Å². The Morgan fingerprint density at radius 3 is 2.52 bits per heavy atom. The maximum atomic E-state index is 13.3. The molecule has 1 aliphatic carbocycles. The van der Waals surface area contributed by atoms with E-state index < -0.39 is 18.4 Å². The van der Waals surface area contributed by atoms with E-state index in [-0.39, 0.29) is 18.2 Å². The van der Waals surface area contributed by atoms with Crippen LogP contribution in [0.15, 0.2) is 33.9 Å². The molecule has 0 amide bonds. The molecule has 1 aromatic rings. The Hall–Kier alpha value is -1.08. The minimum absolute atomic E-state index is 0.0582. The molecule has 1 fully saturated rings. The highest BCUT2D eigenvalue weighted by molar-refractivity contribution is 9.10. The third-order valence-electron chi connectivity index (χ3n) is 3.56. The van der Waals surface area contributed by atoms with Crippen LogP contribution in [0.1, 0.15) is 24.8 Å². The van der Waals surface area contributed by atoms with E-state index in [1.54, 1.807) is 24.3 Å². The monoisotopic (exact) mass is 363 g/mol. The Balaban J connectivity index is 1.77. The van der Waals surface area contributed by atoms with Gasteiger partial charge in [0.1, 0.15) is 0 Å². The van der Waals surface area contributed by atoms with Gasteiger partial charge in [0.25, 0.3) is 0 Å². The quantitative estimate of drug-likeness (QED) is 0.800. The van der Waals surface area contributed by atoms with Gasteiger partial charge in [0.05, 0.1) is 18.7 Å². The molecule has 2 aliphatic rings. The highest BCUT2D eigenvalue weighted by Gasteiger charge is 2.63. The van der Waals surface area contributed by atoms with E-state index in [2.05, 4.69) is 21.1 Å². The predicted molar refractivity (Wildman–Crippen MR) is 73.8 cm³/mol. The highest BCUT2D eigenvalue weighted by atomic mass is 79.9. The van der Waals surface area contributed by atoms with E-state index >= 15 is 0 Å². The summed E-state index contributed by atoms with van der Waals surface area (Å²) in [5.74, 6) is -2.43. The first kappa shape index (κ1) is 14.8. The summed E-state index contributed by atoms with van der Waals surface area (Å²) in [4.78, 5) is 4.71. The summed E-state index contributed by atoms with van der Waals surface area (Å²) >= 11 is 3.28. The lowest BCUT2D eigenvalue weighted by molar-refractivity contribution is -0.372. The minimum atomic E-state index is -4.62. The zero-order valence-electron chi connectivity index (χ0n) is 11.0. The second-order valence-electron chi connectivity index (χ2n) is 5.32. The predicted octanol–water partition coefficient (Wildman–Crippen LogP) is 4.26. The molecule has 0 radical (unpaired) electrons. The Labute approximate surface area is 128 Å². The summed E-state index contributed by atoms with van der Waals surface area (Å²) in [5.41, 5.74) is 0.843. The van der Waals surface area contributed by atoms with Crippen molar-refractivity contribution < 1.29 is 22.7 Å². The molecule has 1 aromatic carbocycles. The van der Waals surface area contributed by atoms with Gasteiger partial charge in [-0.05, 0) is 36.5 Å². The fraction of sp³-hybridized carbons (Fsp3) is 0.500. The van der Waals surface area contributed by atoms with E-state index in [0.717, 1.165) is 17.3 Å². The third-order valence-corrected chi connectivity index (χ3v) is 4.09. The number of oxime groups is 1. The molecule has 114 valence electrons. The number of rotatable bonds is 4. The van der Waals surface area contributed by atoms with Crippen molar-refractivity contribution in [3.63, 3.8) is 0 Å². The molecular weight excluding hydrogens is 351 g/mol. The molecule has 0 saturated heterocycles. The highest BCUT2D eigenvalue weighted by Crippen LogP contribution is 2.43. The van der Waals surface area contributed by atoms with Crippen molar-refractivity contribution in [3.05, 3.63) is 34.3 Å². The van der Waals surface area contributed by atoms with Crippen LogP contribution in [-0.4, -0.2) is 24.3 Å². The summed E-state index contributed by atoms with van der Waals surface area (Å²) in [7, 11) is 0. The molecule has 0 N–H and O–H groups in total. The lowest BCUT2D eigenvalue weighted by Crippen LogP contribution is -2.48. The van der Waals surface area contributed by atoms with Crippen molar-refractivity contribution in [2.75, 3.05) is 6.61 Å². The number of halogens is 4. The van der Waals surface area contributed by atoms with Crippen molar-refractivity contribution in [1.29, 1.82) is 0 Å². The summed E-state index contributed by atoms with van der Waals surface area (Å²) in [5, 5.41) is 3.61. The van der Waals surface area contributed by atoms with Crippen molar-refractivity contribution in [2.45, 2.75) is 31.2 Å². The largest absolute Gasteiger partial charge is 0.458 e. The summed E-state index contributed by atoms with van der Waals surface area (Å²) in [6.45, 7) is 0.0582. The Morgan fingerprint density at radius 2 is 1.95 bits per heavy atom. The van der Waals surface area contributed by atoms with Crippen LogP contribution in [0.5, 0.6) is 0 Å². The van der Waals surface area contributed by atoms with E-state index in [1.807, 2.05) is 0 Å². The van der Waals surface area contributed by atoms with Gasteiger partial charge in [-0.2, -0.15) is 13.2 Å². The van der Waals surface area contributed by atoms with Gasteiger partial charge in [0, 0.05) is 4.47 Å². The SMILES string of the molecule is FC(F)(F)C1(OCC2CC2)CC(c2ccc(Br)cc2)=NO1. The zero-order valence-corrected chi connectivity index (χ0v) is 12.6. The third kappa shape index (κ3) is 3.08. The van der Waals surface area contributed by atoms with Crippen molar-refractivity contribution in [1.82, 2.24) is 0 Å². The summed E-state index contributed by atoms with van der Waals surface area (Å²) in [6, 6.07) is 6.88. The van der Waals surface area contributed by atoms with Crippen LogP contribution in [0.2, 0.25) is 0 Å². The zero-order chi connectivity index (χ0) is 15.1. The smallest absolute Gasteiger partial charge is 0.349 e. The average molecular weight is 364 g/mol. The van der Waals surface area contributed by atoms with Gasteiger partial charge >= 0.3 is 12.0 Å². The lowest BCUT2D eigenvalue weighted by atomic mass is 10.0. The van der Waals surface area contributed by atoms with Crippen LogP contribution in [0, 0.1) is 5.92 Å². The summed E-state index contributed by atoms with van der Waals surface area (Å²) in [6.07, 6.45) is -3.23. The first-order valence-corrected chi connectivity index (χ1v) is 7.41. The maximum absolute atomic E-state index is 13.3. The normalized spacial score (nSPS) is 25.6. The van der Waals surface area contributed by atoms with Crippen molar-refractivity contribution in [2.24, 2.45) is 11.1 Å². The first-order valence-electron chi connectivity index (χ1n) is 6.61. The van der Waals surface area contributed by atoms with Gasteiger partial charge in [0.15, 0.2) is 0 Å². The van der Waals surface area contributed by atoms with Gasteiger partial charge in [-0.3, -0.25) is 0 Å². The molecule has 1 saturated carbocycles. The van der Waals surface area contributed by atoms with Crippen LogP contribution >= 0.6 is 15.9 Å². The number of hydrogen-bond donors (Lipinski definition) is 0. The van der Waals surface area contributed by atoms with Crippen LogP contribution in [0.3, 0.4) is 0 Å². The molecule has 3 nitrogen and oxygen atoms in total. The summed E-state index contributed by atoms with van der Waals surface area (Å²) < 4.78 is 45.9. The first-order chi connectivity index (χ1) is 9.90. The number of benzene rings is 1. The van der Waals surface area contributed by atoms with E-state index in [0.29, 0.717) is 5.56 Å². The van der Waals surface area contributed by atoms with Gasteiger partial charge in [-0.15, -0.1) is 0 Å². The van der Waals surface area contributed by atoms with Crippen LogP contribution in [0.4, 0.5) is 13.2 Å². The molecule has 1 aliphatic heterocycles. The molecule has 0 aromatic heterocycles. The molecular formula is C14H13BrF3NO2. The average Bonchev–Trinajstić information content (AvgIpc) is 3.15. The Morgan fingerprint density at radius 1 is 1.29 bits per heavy atom. The molecule has 0 spiro atoms. The van der Waals surface area contributed by atoms with Crippen molar-refractivity contribution in [3.8, 4) is 0 Å². The number of hydrogen-bond acceptors (Lipinski definition) is 3. The topological polar surface area (TPSA) is 30.8 Å². The second kappa shape index (κ2) is 5.28. The van der Waals surface area contributed by atoms with Crippen LogP contribution in [0.25, 0.3) is 0 Å². The van der Waals surface area contributed by atoms with E-state index in [4.69, 9.17) is 9.57 Å². The van der Waals surface area contributed by atoms with Gasteiger partial charge in [-0.1, -0.05) is 33.2 Å². The lowest BCUT2D eigenvalue weighted by Gasteiger charge is -2.28. The Bertz CT molecular complexity index is 554. The molecule has 1 atom stereocenters. The van der Waals surface area contributed by atoms with Gasteiger partial charge in [-0.25, -0.2) is 0 Å². The second-order valence-corrected chi connectivity index (χ2v) is 6.23. The van der Waals surface area contributed by atoms with Gasteiger partial charge in [0.2, 0.25) is 0 Å². The number of ether oxygens (including phenoxy) is 1. The minimum Gasteiger partial charge on any atom is -0.349 e. The molecule has 21 heavy (non-hydrogen) atoms. The molecule has 0 bridgehead atoms. The fourth-order valence-corrected chi connectivity index (χ4v) is 2.32. The number of nitrogens with zero attached hydrogens (tertiary/aromatic N) is 1. The molecule has 1 heterocycles. The maximum Gasteiger partial charge on any atom is 0.458 e.